The number of nitrogens with zero attached hydrogens (tertiary/aromatic N) is 3. The van der Waals surface area contributed by atoms with Gasteiger partial charge in [-0.15, -0.1) is 11.3 Å². The van der Waals surface area contributed by atoms with Crippen LogP contribution < -0.4 is 0 Å². The number of carbonyl (C=O) groups excluding carboxylic acids is 1. The molecule has 0 aliphatic carbocycles. The van der Waals surface area contributed by atoms with Crippen LogP contribution in [0.4, 0.5) is 0 Å². The molecule has 1 aliphatic rings. The van der Waals surface area contributed by atoms with Gasteiger partial charge in [0.1, 0.15) is 0 Å². The molecule has 5 heteroatoms. The second kappa shape index (κ2) is 4.62. The summed E-state index contributed by atoms with van der Waals surface area (Å²) in [6.45, 7) is 3.31. The van der Waals surface area contributed by atoms with Gasteiger partial charge in [0.25, 0.3) is 0 Å². The summed E-state index contributed by atoms with van der Waals surface area (Å²) < 4.78 is 0. The number of hydrogen-bond donors (Lipinski definition) is 0. The summed E-state index contributed by atoms with van der Waals surface area (Å²) in [6, 6.07) is 2.16. The van der Waals surface area contributed by atoms with Crippen LogP contribution >= 0.6 is 11.3 Å². The first-order valence-electron chi connectivity index (χ1n) is 5.27. The van der Waals surface area contributed by atoms with Crippen LogP contribution in [0, 0.1) is 17.2 Å². The summed E-state index contributed by atoms with van der Waals surface area (Å²) in [6.07, 6.45) is 2.15. The van der Waals surface area contributed by atoms with Crippen LogP contribution in [0.25, 0.3) is 0 Å². The smallest absolute Gasteiger partial charge is 0.224 e. The number of amides is 1. The van der Waals surface area contributed by atoms with E-state index in [2.05, 4.69) is 18.0 Å². The summed E-state index contributed by atoms with van der Waals surface area (Å²) in [5.74, 6) is 0.215. The highest BCUT2D eigenvalue weighted by Gasteiger charge is 2.30. The van der Waals surface area contributed by atoms with E-state index in [-0.39, 0.29) is 17.7 Å². The van der Waals surface area contributed by atoms with Gasteiger partial charge < -0.3 is 4.90 Å². The lowest BCUT2D eigenvalue weighted by atomic mass is 10.1. The molecule has 2 atom stereocenters. The van der Waals surface area contributed by atoms with Gasteiger partial charge in [-0.2, -0.15) is 5.26 Å². The molecule has 0 aromatic carbocycles. The number of aromatic nitrogens is 1. The Balaban J connectivity index is 1.96. The van der Waals surface area contributed by atoms with E-state index in [9.17, 15) is 4.79 Å². The predicted molar refractivity (Wildman–Crippen MR) is 60.8 cm³/mol. The Hall–Kier alpha value is -1.41. The predicted octanol–water partition coefficient (Wildman–Crippen LogP) is 1.62. The first-order chi connectivity index (χ1) is 7.70. The average Bonchev–Trinajstić information content (AvgIpc) is 2.88. The number of thiazole rings is 1. The van der Waals surface area contributed by atoms with E-state index in [1.165, 1.54) is 0 Å². The molecule has 84 valence electrons. The molecular formula is C11H13N3OS. The molecule has 0 saturated carbocycles. The summed E-state index contributed by atoms with van der Waals surface area (Å²) in [4.78, 5) is 17.6. The highest BCUT2D eigenvalue weighted by molar-refractivity contribution is 7.09. The number of likely N-dealkylation sites (tertiary alicyclic amines) is 1. The minimum Gasteiger partial charge on any atom is -0.341 e. The van der Waals surface area contributed by atoms with E-state index < -0.39 is 0 Å². The Labute approximate surface area is 98.5 Å². The lowest BCUT2D eigenvalue weighted by Gasteiger charge is -2.19. The molecule has 1 amide bonds. The maximum atomic E-state index is 11.6. The van der Waals surface area contributed by atoms with Gasteiger partial charge >= 0.3 is 0 Å². The lowest BCUT2D eigenvalue weighted by Crippen LogP contribution is -2.29. The van der Waals surface area contributed by atoms with Gasteiger partial charge in [0, 0.05) is 37.0 Å². The van der Waals surface area contributed by atoms with Crippen molar-refractivity contribution in [3.8, 4) is 6.07 Å². The van der Waals surface area contributed by atoms with Gasteiger partial charge in [0.2, 0.25) is 5.91 Å². The molecule has 0 bridgehead atoms. The molecule has 16 heavy (non-hydrogen) atoms. The van der Waals surface area contributed by atoms with Crippen molar-refractivity contribution in [3.63, 3.8) is 0 Å². The Bertz CT molecular complexity index is 409. The topological polar surface area (TPSA) is 57.0 Å². The fourth-order valence-corrected chi connectivity index (χ4v) is 2.61. The molecule has 1 aromatic rings. The largest absolute Gasteiger partial charge is 0.341 e. The monoisotopic (exact) mass is 235 g/mol. The quantitative estimate of drug-likeness (QED) is 0.800. The maximum Gasteiger partial charge on any atom is 0.224 e. The van der Waals surface area contributed by atoms with Crippen LogP contribution in [0.15, 0.2) is 11.6 Å². The molecule has 1 fully saturated rings. The number of hydrogen-bond acceptors (Lipinski definition) is 4. The van der Waals surface area contributed by atoms with E-state index in [1.807, 2.05) is 5.38 Å². The van der Waals surface area contributed by atoms with Crippen LogP contribution in [0.2, 0.25) is 0 Å². The molecule has 2 heterocycles. The summed E-state index contributed by atoms with van der Waals surface area (Å²) >= 11 is 1.61. The molecule has 2 rings (SSSR count). The number of nitriles is 1. The average molecular weight is 235 g/mol. The molecule has 1 aliphatic heterocycles. The Kier molecular flexibility index (Phi) is 3.20. The van der Waals surface area contributed by atoms with Crippen molar-refractivity contribution in [3.05, 3.63) is 16.6 Å². The highest BCUT2D eigenvalue weighted by atomic mass is 32.1. The summed E-state index contributed by atoms with van der Waals surface area (Å²) in [5, 5.41) is 11.8. The third-order valence-electron chi connectivity index (χ3n) is 2.76. The zero-order valence-electron chi connectivity index (χ0n) is 9.09. The molecule has 1 aromatic heterocycles. The van der Waals surface area contributed by atoms with Crippen molar-refractivity contribution in [1.82, 2.24) is 9.88 Å². The Morgan fingerprint density at radius 2 is 2.62 bits per heavy atom. The van der Waals surface area contributed by atoms with Gasteiger partial charge in [-0.25, -0.2) is 4.98 Å². The minimum atomic E-state index is -0.129. The van der Waals surface area contributed by atoms with Gasteiger partial charge in [0.15, 0.2) is 0 Å². The van der Waals surface area contributed by atoms with E-state index in [4.69, 9.17) is 5.26 Å². The fourth-order valence-electron chi connectivity index (χ4n) is 1.92. The van der Waals surface area contributed by atoms with Crippen LogP contribution in [-0.4, -0.2) is 28.9 Å². The third kappa shape index (κ3) is 2.22. The van der Waals surface area contributed by atoms with Crippen LogP contribution in [-0.2, 0) is 4.79 Å². The van der Waals surface area contributed by atoms with Crippen molar-refractivity contribution in [2.45, 2.75) is 19.3 Å². The molecule has 0 N–H and O–H groups in total. The van der Waals surface area contributed by atoms with E-state index in [0.717, 1.165) is 5.01 Å². The molecule has 0 radical (unpaired) electrons. The van der Waals surface area contributed by atoms with Gasteiger partial charge in [0.05, 0.1) is 17.0 Å². The minimum absolute atomic E-state index is 0.0926. The fraction of sp³-hybridized carbons (Fsp3) is 0.545. The van der Waals surface area contributed by atoms with Crippen LogP contribution in [0.1, 0.15) is 24.3 Å². The number of rotatable bonds is 3. The first kappa shape index (κ1) is 11.1. The van der Waals surface area contributed by atoms with Crippen molar-refractivity contribution in [1.29, 1.82) is 5.26 Å². The van der Waals surface area contributed by atoms with E-state index in [1.54, 1.807) is 22.4 Å². The van der Waals surface area contributed by atoms with Crippen molar-refractivity contribution in [2.24, 2.45) is 5.92 Å². The Morgan fingerprint density at radius 1 is 1.81 bits per heavy atom. The van der Waals surface area contributed by atoms with Gasteiger partial charge in [-0.1, -0.05) is 6.92 Å². The standard InChI is InChI=1S/C11H13N3OS/c1-8(11-13-2-3-16-11)6-14-7-9(5-12)4-10(14)15/h2-3,8-9H,4,6-7H2,1H3. The van der Waals surface area contributed by atoms with Crippen molar-refractivity contribution in [2.75, 3.05) is 13.1 Å². The SMILES string of the molecule is CC(CN1CC(C#N)CC1=O)c1nccs1. The number of carbonyl (C=O) groups is 1. The second-order valence-electron chi connectivity index (χ2n) is 4.10. The van der Waals surface area contributed by atoms with Gasteiger partial charge in [-0.05, 0) is 0 Å². The molecule has 2 unspecified atom stereocenters. The normalized spacial score (nSPS) is 22.1. The van der Waals surface area contributed by atoms with E-state index in [0.29, 0.717) is 19.5 Å². The molecular weight excluding hydrogens is 222 g/mol. The highest BCUT2D eigenvalue weighted by Crippen LogP contribution is 2.23. The lowest BCUT2D eigenvalue weighted by molar-refractivity contribution is -0.127. The van der Waals surface area contributed by atoms with Crippen molar-refractivity contribution >= 4 is 17.2 Å². The van der Waals surface area contributed by atoms with Crippen LogP contribution in [0.5, 0.6) is 0 Å². The maximum absolute atomic E-state index is 11.6. The van der Waals surface area contributed by atoms with Gasteiger partial charge in [-0.3, -0.25) is 4.79 Å². The Morgan fingerprint density at radius 3 is 3.19 bits per heavy atom. The zero-order chi connectivity index (χ0) is 11.5. The van der Waals surface area contributed by atoms with E-state index >= 15 is 0 Å². The summed E-state index contributed by atoms with van der Waals surface area (Å²) in [5.41, 5.74) is 0. The van der Waals surface area contributed by atoms with Crippen molar-refractivity contribution < 1.29 is 4.79 Å². The zero-order valence-corrected chi connectivity index (χ0v) is 9.91. The second-order valence-corrected chi connectivity index (χ2v) is 5.03. The third-order valence-corrected chi connectivity index (χ3v) is 3.77. The van der Waals surface area contributed by atoms with Crippen LogP contribution in [0.3, 0.4) is 0 Å². The molecule has 0 spiro atoms. The molecule has 4 nitrogen and oxygen atoms in total. The first-order valence-corrected chi connectivity index (χ1v) is 6.15. The summed E-state index contributed by atoms with van der Waals surface area (Å²) in [7, 11) is 0. The molecule has 1 saturated heterocycles.